The normalized spacial score (nSPS) is 11.6. The summed E-state index contributed by atoms with van der Waals surface area (Å²) in [6.07, 6.45) is 0. The van der Waals surface area contributed by atoms with Crippen molar-refractivity contribution in [2.24, 2.45) is 5.11 Å². The smallest absolute Gasteiger partial charge is 0.217 e. The van der Waals surface area contributed by atoms with Crippen LogP contribution in [0.4, 0.5) is 5.95 Å². The fourth-order valence-corrected chi connectivity index (χ4v) is 2.77. The highest BCUT2D eigenvalue weighted by molar-refractivity contribution is 6.23. The molecule has 0 bridgehead atoms. The van der Waals surface area contributed by atoms with Gasteiger partial charge in [-0.3, -0.25) is 4.79 Å². The van der Waals surface area contributed by atoms with Crippen LogP contribution < -0.4 is 0 Å². The number of hydrogen-bond donors (Lipinski definition) is 0. The van der Waals surface area contributed by atoms with Crippen molar-refractivity contribution < 1.29 is 4.79 Å². The molecule has 108 valence electrons. The van der Waals surface area contributed by atoms with Gasteiger partial charge in [0.1, 0.15) is 0 Å². The van der Waals surface area contributed by atoms with Crippen LogP contribution >= 0.6 is 0 Å². The molecule has 1 heterocycles. The lowest BCUT2D eigenvalue weighted by molar-refractivity contribution is 0.104. The zero-order valence-corrected chi connectivity index (χ0v) is 11.8. The molecule has 4 rings (SSSR count). The summed E-state index contributed by atoms with van der Waals surface area (Å²) < 4.78 is 0. The van der Waals surface area contributed by atoms with E-state index in [0.717, 1.165) is 11.1 Å². The van der Waals surface area contributed by atoms with E-state index in [-0.39, 0.29) is 11.7 Å². The van der Waals surface area contributed by atoms with Gasteiger partial charge >= 0.3 is 0 Å². The van der Waals surface area contributed by atoms with E-state index in [1.807, 2.05) is 48.5 Å². The molecule has 6 nitrogen and oxygen atoms in total. The van der Waals surface area contributed by atoms with E-state index in [1.165, 1.54) is 0 Å². The summed E-state index contributed by atoms with van der Waals surface area (Å²) in [5, 5.41) is 3.52. The summed E-state index contributed by atoms with van der Waals surface area (Å²) in [4.78, 5) is 24.1. The molecular formula is C17H9N5O. The number of benzene rings is 2. The Kier molecular flexibility index (Phi) is 2.89. The molecule has 23 heavy (non-hydrogen) atoms. The lowest BCUT2D eigenvalue weighted by Crippen LogP contribution is -2.01. The molecule has 1 aromatic heterocycles. The van der Waals surface area contributed by atoms with E-state index in [4.69, 9.17) is 5.53 Å². The molecule has 0 aliphatic heterocycles. The van der Waals surface area contributed by atoms with Gasteiger partial charge in [-0.05, 0) is 10.6 Å². The quantitative estimate of drug-likeness (QED) is 0.314. The van der Waals surface area contributed by atoms with Gasteiger partial charge in [-0.2, -0.15) is 0 Å². The number of rotatable bonds is 2. The highest BCUT2D eigenvalue weighted by atomic mass is 16.1. The van der Waals surface area contributed by atoms with Crippen LogP contribution in [0.25, 0.3) is 33.0 Å². The van der Waals surface area contributed by atoms with E-state index in [9.17, 15) is 4.79 Å². The SMILES string of the molecule is [N-]=[N+]=Nc1nc(-c2ccccc2)c2c(n1)-c1ccccc1C2=O. The second kappa shape index (κ2) is 5.05. The predicted octanol–water partition coefficient (Wildman–Crippen LogP) is 4.30. The Bertz CT molecular complexity index is 991. The number of aromatic nitrogens is 2. The van der Waals surface area contributed by atoms with E-state index < -0.39 is 0 Å². The minimum Gasteiger partial charge on any atom is -0.288 e. The molecule has 0 saturated heterocycles. The molecule has 0 saturated carbocycles. The predicted molar refractivity (Wildman–Crippen MR) is 85.1 cm³/mol. The second-order valence-corrected chi connectivity index (χ2v) is 5.03. The minimum atomic E-state index is -0.109. The number of carbonyl (C=O) groups excluding carboxylic acids is 1. The third-order valence-corrected chi connectivity index (χ3v) is 3.73. The highest BCUT2D eigenvalue weighted by Crippen LogP contribution is 2.40. The average molecular weight is 299 g/mol. The summed E-state index contributed by atoms with van der Waals surface area (Å²) in [6.45, 7) is 0. The molecule has 0 N–H and O–H groups in total. The molecule has 0 atom stereocenters. The summed E-state index contributed by atoms with van der Waals surface area (Å²) in [6, 6.07) is 16.6. The van der Waals surface area contributed by atoms with Crippen LogP contribution in [0.5, 0.6) is 0 Å². The molecule has 0 radical (unpaired) electrons. The lowest BCUT2D eigenvalue weighted by Gasteiger charge is -2.07. The summed E-state index contributed by atoms with van der Waals surface area (Å²) in [7, 11) is 0. The number of nitrogens with zero attached hydrogens (tertiary/aromatic N) is 5. The van der Waals surface area contributed by atoms with Gasteiger partial charge in [-0.1, -0.05) is 54.6 Å². The van der Waals surface area contributed by atoms with Crippen molar-refractivity contribution in [3.05, 3.63) is 76.2 Å². The molecule has 1 aliphatic carbocycles. The maximum Gasteiger partial charge on any atom is 0.217 e. The highest BCUT2D eigenvalue weighted by Gasteiger charge is 2.32. The van der Waals surface area contributed by atoms with Gasteiger partial charge in [0.25, 0.3) is 0 Å². The van der Waals surface area contributed by atoms with Gasteiger partial charge in [0.2, 0.25) is 5.95 Å². The molecular weight excluding hydrogens is 290 g/mol. The number of ketones is 1. The van der Waals surface area contributed by atoms with Crippen LogP contribution in [0, 0.1) is 0 Å². The molecule has 0 spiro atoms. The monoisotopic (exact) mass is 299 g/mol. The number of carbonyl (C=O) groups is 1. The van der Waals surface area contributed by atoms with Gasteiger partial charge in [0.05, 0.1) is 17.0 Å². The van der Waals surface area contributed by atoms with E-state index in [1.54, 1.807) is 6.07 Å². The Balaban J connectivity index is 2.08. The van der Waals surface area contributed by atoms with Crippen LogP contribution in [-0.4, -0.2) is 15.8 Å². The van der Waals surface area contributed by atoms with Crippen molar-refractivity contribution in [1.82, 2.24) is 9.97 Å². The van der Waals surface area contributed by atoms with Gasteiger partial charge in [-0.25, -0.2) is 9.97 Å². The topological polar surface area (TPSA) is 91.6 Å². The molecule has 2 aromatic carbocycles. The fraction of sp³-hybridized carbons (Fsp3) is 0. The molecule has 1 aliphatic rings. The van der Waals surface area contributed by atoms with Crippen LogP contribution in [0.3, 0.4) is 0 Å². The van der Waals surface area contributed by atoms with Crippen LogP contribution in [0.15, 0.2) is 59.7 Å². The van der Waals surface area contributed by atoms with Crippen molar-refractivity contribution in [2.75, 3.05) is 0 Å². The van der Waals surface area contributed by atoms with E-state index in [0.29, 0.717) is 22.5 Å². The third-order valence-electron chi connectivity index (χ3n) is 3.73. The van der Waals surface area contributed by atoms with Crippen molar-refractivity contribution >= 4 is 11.7 Å². The van der Waals surface area contributed by atoms with Crippen molar-refractivity contribution in [1.29, 1.82) is 0 Å². The summed E-state index contributed by atoms with van der Waals surface area (Å²) in [5.74, 6) is -0.100. The van der Waals surface area contributed by atoms with Crippen LogP contribution in [0.1, 0.15) is 15.9 Å². The summed E-state index contributed by atoms with van der Waals surface area (Å²) in [5.41, 5.74) is 12.2. The fourth-order valence-electron chi connectivity index (χ4n) is 2.77. The first-order valence-corrected chi connectivity index (χ1v) is 6.96. The number of hydrogen-bond acceptors (Lipinski definition) is 4. The van der Waals surface area contributed by atoms with E-state index >= 15 is 0 Å². The molecule has 3 aromatic rings. The summed E-state index contributed by atoms with van der Waals surface area (Å²) >= 11 is 0. The van der Waals surface area contributed by atoms with Gasteiger partial charge in [-0.15, -0.1) is 0 Å². The average Bonchev–Trinajstić information content (AvgIpc) is 2.89. The van der Waals surface area contributed by atoms with E-state index in [2.05, 4.69) is 20.0 Å². The molecule has 0 unspecified atom stereocenters. The second-order valence-electron chi connectivity index (χ2n) is 5.03. The van der Waals surface area contributed by atoms with Crippen LogP contribution in [0.2, 0.25) is 0 Å². The Morgan fingerprint density at radius 3 is 2.26 bits per heavy atom. The zero-order chi connectivity index (χ0) is 15.8. The number of fused-ring (bicyclic) bond motifs is 3. The lowest BCUT2D eigenvalue weighted by atomic mass is 10.0. The number of azide groups is 1. The largest absolute Gasteiger partial charge is 0.288 e. The standard InChI is InChI=1S/C17H9N5O/c18-22-21-17-19-14(10-6-2-1-3-7-10)13-15(20-17)11-8-4-5-9-12(11)16(13)23/h1-9H. The maximum absolute atomic E-state index is 12.8. The first kappa shape index (κ1) is 13.2. The molecule has 0 amide bonds. The van der Waals surface area contributed by atoms with Gasteiger partial charge in [0.15, 0.2) is 5.78 Å². The molecule has 0 fully saturated rings. The Morgan fingerprint density at radius 2 is 1.52 bits per heavy atom. The minimum absolute atomic E-state index is 0.00889. The van der Waals surface area contributed by atoms with Crippen molar-refractivity contribution in [3.63, 3.8) is 0 Å². The Morgan fingerprint density at radius 1 is 0.870 bits per heavy atom. The zero-order valence-electron chi connectivity index (χ0n) is 11.8. The first-order valence-electron chi connectivity index (χ1n) is 6.96. The van der Waals surface area contributed by atoms with Gasteiger partial charge in [0, 0.05) is 21.6 Å². The van der Waals surface area contributed by atoms with Gasteiger partial charge < -0.3 is 0 Å². The molecule has 6 heteroatoms. The van der Waals surface area contributed by atoms with Crippen molar-refractivity contribution in [3.8, 4) is 22.5 Å². The Labute approximate surface area is 131 Å². The third kappa shape index (κ3) is 1.97. The van der Waals surface area contributed by atoms with Crippen molar-refractivity contribution in [2.45, 2.75) is 0 Å². The van der Waals surface area contributed by atoms with Crippen LogP contribution in [-0.2, 0) is 0 Å². The Hall–Kier alpha value is -3.50. The first-order chi connectivity index (χ1) is 11.3. The maximum atomic E-state index is 12.8.